The summed E-state index contributed by atoms with van der Waals surface area (Å²) in [5.41, 5.74) is 0. The molecule has 2 rings (SSSR count). The molecule has 0 bridgehead atoms. The lowest BCUT2D eigenvalue weighted by Crippen LogP contribution is -2.25. The predicted octanol–water partition coefficient (Wildman–Crippen LogP) is 3.27. The van der Waals surface area contributed by atoms with Crippen LogP contribution >= 0.6 is 11.6 Å². The van der Waals surface area contributed by atoms with E-state index in [1.165, 1.54) is 0 Å². The summed E-state index contributed by atoms with van der Waals surface area (Å²) in [7, 11) is 0. The van der Waals surface area contributed by atoms with E-state index in [2.05, 4.69) is 0 Å². The molecule has 2 nitrogen and oxygen atoms in total. The van der Waals surface area contributed by atoms with Crippen LogP contribution in [0.1, 0.15) is 25.7 Å². The molecule has 1 aliphatic carbocycles. The molecule has 0 unspecified atom stereocenters. The summed E-state index contributed by atoms with van der Waals surface area (Å²) in [5, 5.41) is 9.77. The van der Waals surface area contributed by atoms with Gasteiger partial charge in [-0.1, -0.05) is 11.6 Å². The van der Waals surface area contributed by atoms with Crippen LogP contribution in [0.3, 0.4) is 0 Å². The van der Waals surface area contributed by atoms with Crippen molar-refractivity contribution in [3.8, 4) is 5.75 Å². The van der Waals surface area contributed by atoms with Crippen LogP contribution in [0.15, 0.2) is 24.3 Å². The number of aliphatic hydroxyl groups is 1. The second-order valence-corrected chi connectivity index (χ2v) is 4.83. The van der Waals surface area contributed by atoms with E-state index in [9.17, 15) is 0 Å². The first kappa shape index (κ1) is 11.7. The highest BCUT2D eigenvalue weighted by Crippen LogP contribution is 2.27. The third-order valence-corrected chi connectivity index (χ3v) is 3.42. The Balaban J connectivity index is 1.84. The summed E-state index contributed by atoms with van der Waals surface area (Å²) in [6.45, 7) is 0.313. The molecule has 1 saturated carbocycles. The Morgan fingerprint density at radius 3 is 2.31 bits per heavy atom. The van der Waals surface area contributed by atoms with Crippen molar-refractivity contribution in [3.05, 3.63) is 29.3 Å². The summed E-state index contributed by atoms with van der Waals surface area (Å²) >= 11 is 5.81. The molecule has 0 aromatic heterocycles. The van der Waals surface area contributed by atoms with Gasteiger partial charge < -0.3 is 9.84 Å². The van der Waals surface area contributed by atoms with E-state index in [1.54, 1.807) is 0 Å². The van der Waals surface area contributed by atoms with Gasteiger partial charge in [-0.15, -0.1) is 0 Å². The first-order valence-electron chi connectivity index (χ1n) is 5.81. The first-order chi connectivity index (χ1) is 7.78. The molecular formula is C13H17ClO2. The van der Waals surface area contributed by atoms with Crippen molar-refractivity contribution in [1.82, 2.24) is 0 Å². The Kier molecular flexibility index (Phi) is 4.08. The number of hydrogen-bond donors (Lipinski definition) is 1. The molecule has 1 fully saturated rings. The standard InChI is InChI=1S/C13H17ClO2/c14-11-3-7-13(8-4-11)16-12-5-1-10(9-15)2-6-12/h3-4,7-8,10,12,15H,1-2,5-6,9H2. The molecular weight excluding hydrogens is 224 g/mol. The van der Waals surface area contributed by atoms with Crippen molar-refractivity contribution in [2.75, 3.05) is 6.61 Å². The molecule has 0 heterocycles. The van der Waals surface area contributed by atoms with Gasteiger partial charge in [-0.05, 0) is 55.9 Å². The lowest BCUT2D eigenvalue weighted by molar-refractivity contribution is 0.104. The van der Waals surface area contributed by atoms with Crippen LogP contribution < -0.4 is 4.74 Å². The normalized spacial score (nSPS) is 25.4. The third kappa shape index (κ3) is 3.13. The molecule has 1 aliphatic rings. The maximum Gasteiger partial charge on any atom is 0.119 e. The second kappa shape index (κ2) is 5.55. The lowest BCUT2D eigenvalue weighted by atomic mass is 9.88. The zero-order valence-electron chi connectivity index (χ0n) is 9.23. The molecule has 1 N–H and O–H groups in total. The molecule has 0 amide bonds. The molecule has 0 atom stereocenters. The largest absolute Gasteiger partial charge is 0.490 e. The zero-order chi connectivity index (χ0) is 11.4. The van der Waals surface area contributed by atoms with Crippen LogP contribution in [0, 0.1) is 5.92 Å². The molecule has 88 valence electrons. The van der Waals surface area contributed by atoms with Gasteiger partial charge in [0, 0.05) is 11.6 Å². The van der Waals surface area contributed by atoms with Gasteiger partial charge in [0.15, 0.2) is 0 Å². The Bertz CT molecular complexity index is 315. The summed E-state index contributed by atoms with van der Waals surface area (Å²) in [4.78, 5) is 0. The average molecular weight is 241 g/mol. The van der Waals surface area contributed by atoms with Crippen molar-refractivity contribution in [2.24, 2.45) is 5.92 Å². The van der Waals surface area contributed by atoms with Crippen LogP contribution in [-0.2, 0) is 0 Å². The Morgan fingerprint density at radius 1 is 1.12 bits per heavy atom. The van der Waals surface area contributed by atoms with E-state index in [-0.39, 0.29) is 0 Å². The minimum absolute atomic E-state index is 0.295. The molecule has 0 aliphatic heterocycles. The minimum atomic E-state index is 0.295. The second-order valence-electron chi connectivity index (χ2n) is 4.40. The number of benzene rings is 1. The van der Waals surface area contributed by atoms with Gasteiger partial charge in [-0.25, -0.2) is 0 Å². The Morgan fingerprint density at radius 2 is 1.75 bits per heavy atom. The van der Waals surface area contributed by atoms with Crippen molar-refractivity contribution < 1.29 is 9.84 Å². The molecule has 3 heteroatoms. The number of rotatable bonds is 3. The maximum atomic E-state index is 9.04. The quantitative estimate of drug-likeness (QED) is 0.879. The van der Waals surface area contributed by atoms with Crippen LogP contribution in [0.5, 0.6) is 5.75 Å². The van der Waals surface area contributed by atoms with E-state index in [0.29, 0.717) is 18.6 Å². The van der Waals surface area contributed by atoms with Gasteiger partial charge >= 0.3 is 0 Å². The topological polar surface area (TPSA) is 29.5 Å². The number of ether oxygens (including phenoxy) is 1. The van der Waals surface area contributed by atoms with E-state index in [1.807, 2.05) is 24.3 Å². The number of aliphatic hydroxyl groups excluding tert-OH is 1. The van der Waals surface area contributed by atoms with Crippen LogP contribution in [0.2, 0.25) is 5.02 Å². The van der Waals surface area contributed by atoms with Gasteiger partial charge in [-0.3, -0.25) is 0 Å². The zero-order valence-corrected chi connectivity index (χ0v) is 9.99. The number of halogens is 1. The highest BCUT2D eigenvalue weighted by Gasteiger charge is 2.21. The van der Waals surface area contributed by atoms with Crippen molar-refractivity contribution in [3.63, 3.8) is 0 Å². The fourth-order valence-corrected chi connectivity index (χ4v) is 2.26. The molecule has 1 aromatic carbocycles. The van der Waals surface area contributed by atoms with Crippen LogP contribution in [-0.4, -0.2) is 17.8 Å². The predicted molar refractivity (Wildman–Crippen MR) is 64.9 cm³/mol. The smallest absolute Gasteiger partial charge is 0.119 e. The fraction of sp³-hybridized carbons (Fsp3) is 0.538. The van der Waals surface area contributed by atoms with Crippen molar-refractivity contribution >= 4 is 11.6 Å². The van der Waals surface area contributed by atoms with E-state index < -0.39 is 0 Å². The fourth-order valence-electron chi connectivity index (χ4n) is 2.14. The minimum Gasteiger partial charge on any atom is -0.490 e. The van der Waals surface area contributed by atoms with Gasteiger partial charge in [-0.2, -0.15) is 0 Å². The molecule has 0 spiro atoms. The SMILES string of the molecule is OCC1CCC(Oc2ccc(Cl)cc2)CC1. The van der Waals surface area contributed by atoms with Crippen molar-refractivity contribution in [1.29, 1.82) is 0 Å². The van der Waals surface area contributed by atoms with Crippen molar-refractivity contribution in [2.45, 2.75) is 31.8 Å². The molecule has 1 aromatic rings. The summed E-state index contributed by atoms with van der Waals surface area (Å²) < 4.78 is 5.86. The van der Waals surface area contributed by atoms with Gasteiger partial charge in [0.2, 0.25) is 0 Å². The van der Waals surface area contributed by atoms with Crippen LogP contribution in [0.25, 0.3) is 0 Å². The highest BCUT2D eigenvalue weighted by atomic mass is 35.5. The summed E-state index contributed by atoms with van der Waals surface area (Å²) in [6.07, 6.45) is 4.49. The Hall–Kier alpha value is -0.730. The monoisotopic (exact) mass is 240 g/mol. The first-order valence-corrected chi connectivity index (χ1v) is 6.19. The molecule has 16 heavy (non-hydrogen) atoms. The van der Waals surface area contributed by atoms with Gasteiger partial charge in [0.25, 0.3) is 0 Å². The van der Waals surface area contributed by atoms with E-state index in [4.69, 9.17) is 21.4 Å². The lowest BCUT2D eigenvalue weighted by Gasteiger charge is -2.27. The maximum absolute atomic E-state index is 9.04. The highest BCUT2D eigenvalue weighted by molar-refractivity contribution is 6.30. The number of hydrogen-bond acceptors (Lipinski definition) is 2. The summed E-state index contributed by atoms with van der Waals surface area (Å²) in [5.74, 6) is 1.36. The van der Waals surface area contributed by atoms with E-state index in [0.717, 1.165) is 36.5 Å². The van der Waals surface area contributed by atoms with E-state index >= 15 is 0 Å². The molecule has 0 saturated heterocycles. The average Bonchev–Trinajstić information content (AvgIpc) is 2.33. The third-order valence-electron chi connectivity index (χ3n) is 3.17. The van der Waals surface area contributed by atoms with Gasteiger partial charge in [0.05, 0.1) is 6.10 Å². The summed E-state index contributed by atoms with van der Waals surface area (Å²) in [6, 6.07) is 7.49. The van der Waals surface area contributed by atoms with Crippen LogP contribution in [0.4, 0.5) is 0 Å². The van der Waals surface area contributed by atoms with Gasteiger partial charge in [0.1, 0.15) is 5.75 Å². The molecule has 0 radical (unpaired) electrons. The Labute approximate surface area is 101 Å².